The van der Waals surface area contributed by atoms with E-state index in [0.717, 1.165) is 28.9 Å². The van der Waals surface area contributed by atoms with E-state index in [2.05, 4.69) is 9.97 Å². The second kappa shape index (κ2) is 4.67. The Kier molecular flexibility index (Phi) is 3.80. The first-order valence-electron chi connectivity index (χ1n) is 3.53. The number of rotatable bonds is 4. The van der Waals surface area contributed by atoms with Gasteiger partial charge in [-0.1, -0.05) is 11.8 Å². The fourth-order valence-corrected chi connectivity index (χ4v) is 1.81. The van der Waals surface area contributed by atoms with Crippen molar-refractivity contribution in [2.45, 2.75) is 18.5 Å². The summed E-state index contributed by atoms with van der Waals surface area (Å²) in [5.74, 6) is 1.77. The summed E-state index contributed by atoms with van der Waals surface area (Å²) in [5.41, 5.74) is 1.04. The van der Waals surface area contributed by atoms with Gasteiger partial charge in [0.2, 0.25) is 0 Å². The lowest BCUT2D eigenvalue weighted by Crippen LogP contribution is -1.82. The monoisotopic (exact) mass is 190 g/mol. The van der Waals surface area contributed by atoms with E-state index in [1.54, 1.807) is 11.8 Å². The van der Waals surface area contributed by atoms with Crippen LogP contribution in [0.5, 0.6) is 0 Å². The minimum atomic E-state index is 0.729. The third kappa shape index (κ3) is 3.16. The normalized spacial score (nSPS) is 10.4. The first-order valence-corrected chi connectivity index (χ1v) is 5.05. The highest BCUT2D eigenvalue weighted by Crippen LogP contribution is 2.14. The predicted octanol–water partition coefficient (Wildman–Crippen LogP) is 2.44. The smallest absolute Gasteiger partial charge is 0.165 e. The molecule has 1 aromatic heterocycles. The van der Waals surface area contributed by atoms with Crippen molar-refractivity contribution in [3.05, 3.63) is 11.9 Å². The summed E-state index contributed by atoms with van der Waals surface area (Å²) in [5, 5.41) is 0.993. The summed E-state index contributed by atoms with van der Waals surface area (Å²) < 4.78 is 0. The van der Waals surface area contributed by atoms with E-state index in [1.165, 1.54) is 0 Å². The average molecular weight is 191 g/mol. The standard InChI is InChI=1S/C7H11ClN2S/c1-6-5-9-7(10-6)11-4-2-3-8/h5H,2-4H2,1H3,(H,9,10). The van der Waals surface area contributed by atoms with Crippen LogP contribution >= 0.6 is 23.4 Å². The Labute approximate surface area is 75.7 Å². The van der Waals surface area contributed by atoms with Crippen LogP contribution in [0.2, 0.25) is 0 Å². The molecule has 0 saturated heterocycles. The fraction of sp³-hybridized carbons (Fsp3) is 0.571. The lowest BCUT2D eigenvalue weighted by Gasteiger charge is -1.92. The van der Waals surface area contributed by atoms with Gasteiger partial charge in [-0.05, 0) is 13.3 Å². The van der Waals surface area contributed by atoms with Crippen LogP contribution < -0.4 is 0 Å². The molecule has 0 aliphatic heterocycles. The molecular formula is C7H11ClN2S. The summed E-state index contributed by atoms with van der Waals surface area (Å²) in [6, 6.07) is 0. The van der Waals surface area contributed by atoms with Crippen molar-refractivity contribution in [2.24, 2.45) is 0 Å². The summed E-state index contributed by atoms with van der Waals surface area (Å²) in [7, 11) is 0. The number of hydrogen-bond acceptors (Lipinski definition) is 2. The number of alkyl halides is 1. The highest BCUT2D eigenvalue weighted by molar-refractivity contribution is 7.99. The van der Waals surface area contributed by atoms with Crippen LogP contribution in [0, 0.1) is 6.92 Å². The second-order valence-electron chi connectivity index (χ2n) is 2.24. The maximum absolute atomic E-state index is 5.53. The van der Waals surface area contributed by atoms with Crippen LogP contribution in [0.15, 0.2) is 11.4 Å². The van der Waals surface area contributed by atoms with Gasteiger partial charge < -0.3 is 4.98 Å². The summed E-state index contributed by atoms with van der Waals surface area (Å²) >= 11 is 7.24. The molecule has 62 valence electrons. The molecule has 0 atom stereocenters. The van der Waals surface area contributed by atoms with E-state index >= 15 is 0 Å². The molecule has 1 aromatic rings. The third-order valence-electron chi connectivity index (χ3n) is 1.20. The lowest BCUT2D eigenvalue weighted by molar-refractivity contribution is 1.03. The molecule has 0 saturated carbocycles. The quantitative estimate of drug-likeness (QED) is 0.449. The zero-order valence-electron chi connectivity index (χ0n) is 6.43. The molecule has 0 unspecified atom stereocenters. The van der Waals surface area contributed by atoms with Crippen LogP contribution in [0.1, 0.15) is 12.1 Å². The minimum absolute atomic E-state index is 0.729. The first-order chi connectivity index (χ1) is 5.33. The molecule has 0 spiro atoms. The van der Waals surface area contributed by atoms with Crippen LogP contribution in [0.4, 0.5) is 0 Å². The number of hydrogen-bond donors (Lipinski definition) is 1. The molecule has 0 fully saturated rings. The number of nitrogens with zero attached hydrogens (tertiary/aromatic N) is 1. The number of halogens is 1. The van der Waals surface area contributed by atoms with Gasteiger partial charge in [0.25, 0.3) is 0 Å². The lowest BCUT2D eigenvalue weighted by atomic mass is 10.6. The van der Waals surface area contributed by atoms with Gasteiger partial charge in [-0.2, -0.15) is 0 Å². The van der Waals surface area contributed by atoms with Crippen molar-refractivity contribution in [3.8, 4) is 0 Å². The van der Waals surface area contributed by atoms with Crippen LogP contribution in [0.3, 0.4) is 0 Å². The molecule has 1 rings (SSSR count). The van der Waals surface area contributed by atoms with Gasteiger partial charge in [0.15, 0.2) is 5.16 Å². The molecule has 0 bridgehead atoms. The first kappa shape index (κ1) is 8.94. The van der Waals surface area contributed by atoms with Crippen molar-refractivity contribution in [3.63, 3.8) is 0 Å². The number of imidazole rings is 1. The van der Waals surface area contributed by atoms with Gasteiger partial charge in [0.1, 0.15) is 0 Å². The van der Waals surface area contributed by atoms with Crippen molar-refractivity contribution >= 4 is 23.4 Å². The molecule has 11 heavy (non-hydrogen) atoms. The predicted molar refractivity (Wildman–Crippen MR) is 49.4 cm³/mol. The molecule has 1 N–H and O–H groups in total. The molecule has 0 aliphatic rings. The largest absolute Gasteiger partial charge is 0.339 e. The van der Waals surface area contributed by atoms with E-state index in [0.29, 0.717) is 0 Å². The van der Waals surface area contributed by atoms with Crippen LogP contribution in [-0.2, 0) is 0 Å². The topological polar surface area (TPSA) is 28.7 Å². The van der Waals surface area contributed by atoms with Crippen LogP contribution in [-0.4, -0.2) is 21.6 Å². The Balaban J connectivity index is 2.27. The average Bonchev–Trinajstić information content (AvgIpc) is 2.37. The molecular weight excluding hydrogens is 180 g/mol. The van der Waals surface area contributed by atoms with E-state index in [1.807, 2.05) is 13.1 Å². The van der Waals surface area contributed by atoms with Crippen molar-refractivity contribution < 1.29 is 0 Å². The highest BCUT2D eigenvalue weighted by atomic mass is 35.5. The Morgan fingerprint density at radius 1 is 1.73 bits per heavy atom. The molecule has 0 aliphatic carbocycles. The minimum Gasteiger partial charge on any atom is -0.339 e. The Morgan fingerprint density at radius 3 is 3.09 bits per heavy atom. The molecule has 1 heterocycles. The Hall–Kier alpha value is -0.150. The van der Waals surface area contributed by atoms with E-state index in [9.17, 15) is 0 Å². The summed E-state index contributed by atoms with van der Waals surface area (Å²) in [4.78, 5) is 7.32. The zero-order chi connectivity index (χ0) is 8.10. The summed E-state index contributed by atoms with van der Waals surface area (Å²) in [6.07, 6.45) is 2.94. The molecule has 4 heteroatoms. The van der Waals surface area contributed by atoms with Gasteiger partial charge in [-0.25, -0.2) is 4.98 Å². The Bertz CT molecular complexity index is 212. The van der Waals surface area contributed by atoms with Crippen molar-refractivity contribution in [1.29, 1.82) is 0 Å². The van der Waals surface area contributed by atoms with Gasteiger partial charge in [0.05, 0.1) is 5.69 Å². The van der Waals surface area contributed by atoms with Gasteiger partial charge >= 0.3 is 0 Å². The number of aryl methyl sites for hydroxylation is 1. The SMILES string of the molecule is Cc1c[nH]c(SCCCCl)n1. The number of nitrogens with one attached hydrogen (secondary N) is 1. The number of aromatic nitrogens is 2. The van der Waals surface area contributed by atoms with Crippen LogP contribution in [0.25, 0.3) is 0 Å². The Morgan fingerprint density at radius 2 is 2.55 bits per heavy atom. The van der Waals surface area contributed by atoms with Gasteiger partial charge in [-0.15, -0.1) is 11.6 Å². The number of aromatic amines is 1. The van der Waals surface area contributed by atoms with Gasteiger partial charge in [0, 0.05) is 17.8 Å². The van der Waals surface area contributed by atoms with Crippen molar-refractivity contribution in [1.82, 2.24) is 9.97 Å². The maximum atomic E-state index is 5.53. The number of H-pyrrole nitrogens is 1. The number of thioether (sulfide) groups is 1. The molecule has 0 amide bonds. The fourth-order valence-electron chi connectivity index (χ4n) is 0.688. The van der Waals surface area contributed by atoms with Crippen molar-refractivity contribution in [2.75, 3.05) is 11.6 Å². The maximum Gasteiger partial charge on any atom is 0.165 e. The van der Waals surface area contributed by atoms with Gasteiger partial charge in [-0.3, -0.25) is 0 Å². The second-order valence-corrected chi connectivity index (χ2v) is 3.70. The van der Waals surface area contributed by atoms with E-state index in [-0.39, 0.29) is 0 Å². The molecule has 2 nitrogen and oxygen atoms in total. The molecule has 0 radical (unpaired) electrons. The summed E-state index contributed by atoms with van der Waals surface area (Å²) in [6.45, 7) is 1.97. The van der Waals surface area contributed by atoms with E-state index < -0.39 is 0 Å². The highest BCUT2D eigenvalue weighted by Gasteiger charge is 1.96. The zero-order valence-corrected chi connectivity index (χ0v) is 8.00. The third-order valence-corrected chi connectivity index (χ3v) is 2.44. The van der Waals surface area contributed by atoms with E-state index in [4.69, 9.17) is 11.6 Å². The molecule has 0 aromatic carbocycles.